The first kappa shape index (κ1) is 14.9. The number of carboxylic acid groups (broad SMARTS) is 1. The van der Waals surface area contributed by atoms with E-state index in [1.54, 1.807) is 20.9 Å². The van der Waals surface area contributed by atoms with Crippen molar-refractivity contribution in [2.24, 2.45) is 5.92 Å². The lowest BCUT2D eigenvalue weighted by atomic mass is 9.97. The van der Waals surface area contributed by atoms with E-state index in [-0.39, 0.29) is 11.8 Å². The van der Waals surface area contributed by atoms with Crippen molar-refractivity contribution in [2.45, 2.75) is 45.7 Å². The maximum absolute atomic E-state index is 11.8. The Labute approximate surface area is 96.6 Å². The Balaban J connectivity index is 4.65. The van der Waals surface area contributed by atoms with Crippen LogP contribution in [0.5, 0.6) is 0 Å². The van der Waals surface area contributed by atoms with E-state index in [4.69, 9.17) is 5.11 Å². The Morgan fingerprint density at radius 2 is 1.88 bits per heavy atom. The molecule has 16 heavy (non-hydrogen) atoms. The van der Waals surface area contributed by atoms with Gasteiger partial charge in [0.15, 0.2) is 0 Å². The van der Waals surface area contributed by atoms with Gasteiger partial charge < -0.3 is 15.7 Å². The molecule has 0 aliphatic carbocycles. The molecule has 0 rings (SSSR count). The summed E-state index contributed by atoms with van der Waals surface area (Å²) >= 11 is 0. The van der Waals surface area contributed by atoms with Crippen LogP contribution in [0.3, 0.4) is 0 Å². The lowest BCUT2D eigenvalue weighted by Crippen LogP contribution is -2.56. The zero-order chi connectivity index (χ0) is 12.9. The molecule has 0 bridgehead atoms. The summed E-state index contributed by atoms with van der Waals surface area (Å²) < 4.78 is 0. The fourth-order valence-electron chi connectivity index (χ4n) is 1.12. The van der Waals surface area contributed by atoms with Crippen LogP contribution >= 0.6 is 0 Å². The third-order valence-corrected chi connectivity index (χ3v) is 2.96. The van der Waals surface area contributed by atoms with Gasteiger partial charge in [-0.25, -0.2) is 4.79 Å². The van der Waals surface area contributed by atoms with Crippen LogP contribution in [0.2, 0.25) is 0 Å². The molecule has 0 aromatic carbocycles. The van der Waals surface area contributed by atoms with Crippen LogP contribution in [-0.2, 0) is 9.59 Å². The number of amides is 1. The lowest BCUT2D eigenvalue weighted by molar-refractivity contribution is -0.144. The van der Waals surface area contributed by atoms with E-state index < -0.39 is 17.6 Å². The van der Waals surface area contributed by atoms with Gasteiger partial charge in [0.2, 0.25) is 5.91 Å². The quantitative estimate of drug-likeness (QED) is 0.624. The largest absolute Gasteiger partial charge is 0.480 e. The molecular formula is C11H22N2O3. The summed E-state index contributed by atoms with van der Waals surface area (Å²) in [5.41, 5.74) is -0.763. The minimum Gasteiger partial charge on any atom is -0.480 e. The maximum atomic E-state index is 11.8. The van der Waals surface area contributed by atoms with Crippen LogP contribution in [0.25, 0.3) is 0 Å². The summed E-state index contributed by atoms with van der Waals surface area (Å²) in [7, 11) is 1.67. The highest BCUT2D eigenvalue weighted by molar-refractivity contribution is 5.89. The molecule has 0 saturated heterocycles. The minimum atomic E-state index is -0.991. The third kappa shape index (κ3) is 3.81. The zero-order valence-electron chi connectivity index (χ0n) is 10.6. The van der Waals surface area contributed by atoms with E-state index in [0.717, 1.165) is 0 Å². The lowest BCUT2D eigenvalue weighted by Gasteiger charge is -2.27. The second kappa shape index (κ2) is 5.84. The summed E-state index contributed by atoms with van der Waals surface area (Å²) in [6.07, 6.45) is 0.706. The molecule has 0 aromatic rings. The summed E-state index contributed by atoms with van der Waals surface area (Å²) in [6.45, 7) is 7.12. The number of carbonyl (C=O) groups is 2. The molecule has 5 nitrogen and oxygen atoms in total. The van der Waals surface area contributed by atoms with Crippen LogP contribution in [0.4, 0.5) is 0 Å². The molecule has 0 saturated carbocycles. The van der Waals surface area contributed by atoms with Gasteiger partial charge in [-0.05, 0) is 26.8 Å². The van der Waals surface area contributed by atoms with Crippen LogP contribution in [-0.4, -0.2) is 35.6 Å². The van der Waals surface area contributed by atoms with Crippen LogP contribution in [0.15, 0.2) is 0 Å². The van der Waals surface area contributed by atoms with Crippen LogP contribution < -0.4 is 10.6 Å². The standard InChI is InChI=1S/C11H22N2O3/c1-6-7(2)8(9(14)15)13-10(16)11(3,4)12-5/h7-8,12H,6H2,1-5H3,(H,13,16)(H,14,15)/t7-,8-/m0/s1. The number of carbonyl (C=O) groups excluding carboxylic acids is 1. The first-order chi connectivity index (χ1) is 7.26. The first-order valence-corrected chi connectivity index (χ1v) is 5.49. The van der Waals surface area contributed by atoms with E-state index in [9.17, 15) is 9.59 Å². The smallest absolute Gasteiger partial charge is 0.326 e. The van der Waals surface area contributed by atoms with Crippen molar-refractivity contribution >= 4 is 11.9 Å². The molecule has 0 spiro atoms. The van der Waals surface area contributed by atoms with Gasteiger partial charge in [-0.2, -0.15) is 0 Å². The van der Waals surface area contributed by atoms with Crippen molar-refractivity contribution in [3.8, 4) is 0 Å². The number of carboxylic acids is 1. The van der Waals surface area contributed by atoms with E-state index in [1.807, 2.05) is 13.8 Å². The Kier molecular flexibility index (Phi) is 5.44. The number of likely N-dealkylation sites (N-methyl/N-ethyl adjacent to an activating group) is 1. The van der Waals surface area contributed by atoms with E-state index in [1.165, 1.54) is 0 Å². The van der Waals surface area contributed by atoms with Gasteiger partial charge in [0, 0.05) is 0 Å². The number of aliphatic carboxylic acids is 1. The summed E-state index contributed by atoms with van der Waals surface area (Å²) in [6, 6.07) is -0.829. The predicted molar refractivity (Wildman–Crippen MR) is 62.2 cm³/mol. The second-order valence-electron chi connectivity index (χ2n) is 4.55. The molecule has 0 aliphatic rings. The molecular weight excluding hydrogens is 208 g/mol. The Hall–Kier alpha value is -1.10. The topological polar surface area (TPSA) is 78.4 Å². The Bertz CT molecular complexity index is 264. The Morgan fingerprint density at radius 3 is 2.19 bits per heavy atom. The predicted octanol–water partition coefficient (Wildman–Crippen LogP) is 0.600. The second-order valence-corrected chi connectivity index (χ2v) is 4.55. The van der Waals surface area contributed by atoms with Crippen molar-refractivity contribution in [1.29, 1.82) is 0 Å². The van der Waals surface area contributed by atoms with Gasteiger partial charge in [-0.1, -0.05) is 20.3 Å². The van der Waals surface area contributed by atoms with Crippen molar-refractivity contribution < 1.29 is 14.7 Å². The summed E-state index contributed by atoms with van der Waals surface area (Å²) in [5.74, 6) is -1.38. The van der Waals surface area contributed by atoms with Crippen LogP contribution in [0, 0.1) is 5.92 Å². The van der Waals surface area contributed by atoms with E-state index in [2.05, 4.69) is 10.6 Å². The molecule has 1 amide bonds. The van der Waals surface area contributed by atoms with Crippen molar-refractivity contribution in [3.63, 3.8) is 0 Å². The highest BCUT2D eigenvalue weighted by atomic mass is 16.4. The van der Waals surface area contributed by atoms with Crippen molar-refractivity contribution in [3.05, 3.63) is 0 Å². The highest BCUT2D eigenvalue weighted by Gasteiger charge is 2.31. The van der Waals surface area contributed by atoms with Crippen molar-refractivity contribution in [2.75, 3.05) is 7.05 Å². The molecule has 0 aromatic heterocycles. The van der Waals surface area contributed by atoms with Crippen molar-refractivity contribution in [1.82, 2.24) is 10.6 Å². The average Bonchev–Trinajstić information content (AvgIpc) is 2.23. The number of hydrogen-bond donors (Lipinski definition) is 3. The van der Waals surface area contributed by atoms with Gasteiger partial charge in [-0.3, -0.25) is 4.79 Å². The van der Waals surface area contributed by atoms with Gasteiger partial charge in [0.1, 0.15) is 6.04 Å². The monoisotopic (exact) mass is 230 g/mol. The van der Waals surface area contributed by atoms with Crippen LogP contribution in [0.1, 0.15) is 34.1 Å². The van der Waals surface area contributed by atoms with Gasteiger partial charge >= 0.3 is 5.97 Å². The molecule has 5 heteroatoms. The van der Waals surface area contributed by atoms with E-state index in [0.29, 0.717) is 6.42 Å². The summed E-state index contributed by atoms with van der Waals surface area (Å²) in [4.78, 5) is 22.8. The fraction of sp³-hybridized carbons (Fsp3) is 0.818. The number of rotatable bonds is 6. The Morgan fingerprint density at radius 1 is 1.38 bits per heavy atom. The molecule has 0 heterocycles. The van der Waals surface area contributed by atoms with E-state index >= 15 is 0 Å². The zero-order valence-corrected chi connectivity index (χ0v) is 10.6. The highest BCUT2D eigenvalue weighted by Crippen LogP contribution is 2.10. The van der Waals surface area contributed by atoms with Gasteiger partial charge in [0.05, 0.1) is 5.54 Å². The fourth-order valence-corrected chi connectivity index (χ4v) is 1.12. The number of nitrogens with one attached hydrogen (secondary N) is 2. The normalized spacial score (nSPS) is 15.3. The molecule has 94 valence electrons. The summed E-state index contributed by atoms with van der Waals surface area (Å²) in [5, 5.41) is 14.4. The minimum absolute atomic E-state index is 0.0888. The van der Waals surface area contributed by atoms with Gasteiger partial charge in [0.25, 0.3) is 0 Å². The molecule has 2 atom stereocenters. The third-order valence-electron chi connectivity index (χ3n) is 2.96. The molecule has 0 fully saturated rings. The average molecular weight is 230 g/mol. The first-order valence-electron chi connectivity index (χ1n) is 5.49. The molecule has 0 aliphatic heterocycles. The molecule has 3 N–H and O–H groups in total. The number of hydrogen-bond acceptors (Lipinski definition) is 3. The molecule has 0 radical (unpaired) electrons. The maximum Gasteiger partial charge on any atom is 0.326 e. The van der Waals surface area contributed by atoms with Gasteiger partial charge in [-0.15, -0.1) is 0 Å². The SMILES string of the molecule is CC[C@H](C)[C@H](NC(=O)C(C)(C)NC)C(=O)O. The molecule has 0 unspecified atom stereocenters.